The SMILES string of the molecule is OB(O)c1cncc(-c2ccoc2)c1. The van der Waals surface area contributed by atoms with Gasteiger partial charge in [0.1, 0.15) is 0 Å². The molecule has 2 aromatic rings. The first-order chi connectivity index (χ1) is 6.77. The molecule has 0 aliphatic rings. The molecule has 5 heteroatoms. The minimum absolute atomic E-state index is 0.365. The summed E-state index contributed by atoms with van der Waals surface area (Å²) in [5.41, 5.74) is 2.02. The first kappa shape index (κ1) is 8.99. The maximum atomic E-state index is 8.94. The fourth-order valence-electron chi connectivity index (χ4n) is 1.19. The zero-order valence-electron chi connectivity index (χ0n) is 7.29. The molecule has 0 aromatic carbocycles. The van der Waals surface area contributed by atoms with E-state index in [1.807, 2.05) is 0 Å². The van der Waals surface area contributed by atoms with Crippen LogP contribution in [0, 0.1) is 0 Å². The van der Waals surface area contributed by atoms with Crippen molar-refractivity contribution in [2.45, 2.75) is 0 Å². The van der Waals surface area contributed by atoms with Crippen molar-refractivity contribution in [1.82, 2.24) is 4.98 Å². The normalized spacial score (nSPS) is 10.1. The molecular formula is C9H8BNO3. The van der Waals surface area contributed by atoms with Gasteiger partial charge >= 0.3 is 7.12 Å². The molecule has 0 unspecified atom stereocenters. The summed E-state index contributed by atoms with van der Waals surface area (Å²) >= 11 is 0. The molecule has 2 aromatic heterocycles. The molecule has 0 atom stereocenters. The molecule has 0 aliphatic carbocycles. The van der Waals surface area contributed by atoms with Crippen molar-refractivity contribution in [2.75, 3.05) is 0 Å². The number of furan rings is 1. The van der Waals surface area contributed by atoms with Gasteiger partial charge in [0, 0.05) is 29.0 Å². The van der Waals surface area contributed by atoms with E-state index in [1.54, 1.807) is 30.9 Å². The Balaban J connectivity index is 2.41. The lowest BCUT2D eigenvalue weighted by Crippen LogP contribution is -2.30. The van der Waals surface area contributed by atoms with Crippen LogP contribution in [0.15, 0.2) is 41.5 Å². The van der Waals surface area contributed by atoms with Crippen molar-refractivity contribution in [3.8, 4) is 11.1 Å². The molecule has 0 spiro atoms. The highest BCUT2D eigenvalue weighted by Crippen LogP contribution is 2.16. The molecule has 0 radical (unpaired) electrons. The maximum absolute atomic E-state index is 8.94. The highest BCUT2D eigenvalue weighted by molar-refractivity contribution is 6.58. The molecule has 2 rings (SSSR count). The Hall–Kier alpha value is -1.59. The summed E-state index contributed by atoms with van der Waals surface area (Å²) in [5, 5.41) is 17.9. The van der Waals surface area contributed by atoms with Crippen LogP contribution in [0.3, 0.4) is 0 Å². The van der Waals surface area contributed by atoms with Crippen molar-refractivity contribution >= 4 is 12.6 Å². The molecule has 0 amide bonds. The molecule has 0 aliphatic heterocycles. The monoisotopic (exact) mass is 189 g/mol. The third kappa shape index (κ3) is 1.68. The summed E-state index contributed by atoms with van der Waals surface area (Å²) in [6.45, 7) is 0. The van der Waals surface area contributed by atoms with Crippen LogP contribution in [0.5, 0.6) is 0 Å². The minimum atomic E-state index is -1.49. The van der Waals surface area contributed by atoms with Crippen molar-refractivity contribution in [2.24, 2.45) is 0 Å². The van der Waals surface area contributed by atoms with Crippen LogP contribution in [0.25, 0.3) is 11.1 Å². The number of hydrogen-bond acceptors (Lipinski definition) is 4. The van der Waals surface area contributed by atoms with Gasteiger partial charge in [0.2, 0.25) is 0 Å². The van der Waals surface area contributed by atoms with E-state index in [0.29, 0.717) is 5.46 Å². The largest absolute Gasteiger partial charge is 0.490 e. The van der Waals surface area contributed by atoms with Gasteiger partial charge in [-0.25, -0.2) is 0 Å². The Bertz CT molecular complexity index is 414. The van der Waals surface area contributed by atoms with Crippen molar-refractivity contribution in [1.29, 1.82) is 0 Å². The highest BCUT2D eigenvalue weighted by atomic mass is 16.4. The molecule has 0 bridgehead atoms. The van der Waals surface area contributed by atoms with Crippen LogP contribution in [-0.2, 0) is 0 Å². The number of nitrogens with zero attached hydrogens (tertiary/aromatic N) is 1. The molecule has 14 heavy (non-hydrogen) atoms. The van der Waals surface area contributed by atoms with Crippen LogP contribution in [-0.4, -0.2) is 22.2 Å². The second-order valence-corrected chi connectivity index (χ2v) is 2.89. The Morgan fingerprint density at radius 3 is 2.71 bits per heavy atom. The van der Waals surface area contributed by atoms with Gasteiger partial charge in [-0.15, -0.1) is 0 Å². The lowest BCUT2D eigenvalue weighted by atomic mass is 9.81. The van der Waals surface area contributed by atoms with E-state index < -0.39 is 7.12 Å². The fraction of sp³-hybridized carbons (Fsp3) is 0. The van der Waals surface area contributed by atoms with Gasteiger partial charge in [-0.05, 0) is 6.07 Å². The van der Waals surface area contributed by atoms with Crippen LogP contribution in [0.1, 0.15) is 0 Å². The molecule has 4 nitrogen and oxygen atoms in total. The van der Waals surface area contributed by atoms with E-state index >= 15 is 0 Å². The first-order valence-electron chi connectivity index (χ1n) is 4.11. The summed E-state index contributed by atoms with van der Waals surface area (Å²) in [6, 6.07) is 3.44. The van der Waals surface area contributed by atoms with Crippen LogP contribution in [0.4, 0.5) is 0 Å². The van der Waals surface area contributed by atoms with Gasteiger partial charge in [-0.3, -0.25) is 4.98 Å². The fourth-order valence-corrected chi connectivity index (χ4v) is 1.19. The van der Waals surface area contributed by atoms with E-state index in [2.05, 4.69) is 4.98 Å². The third-order valence-electron chi connectivity index (χ3n) is 1.91. The maximum Gasteiger partial charge on any atom is 0.490 e. The topological polar surface area (TPSA) is 66.5 Å². The predicted molar refractivity (Wildman–Crippen MR) is 51.8 cm³/mol. The summed E-state index contributed by atoms with van der Waals surface area (Å²) in [7, 11) is -1.49. The lowest BCUT2D eigenvalue weighted by Gasteiger charge is -2.00. The Morgan fingerprint density at radius 1 is 1.21 bits per heavy atom. The number of hydrogen-bond donors (Lipinski definition) is 2. The molecular weight excluding hydrogens is 181 g/mol. The van der Waals surface area contributed by atoms with Crippen molar-refractivity contribution in [3.63, 3.8) is 0 Å². The van der Waals surface area contributed by atoms with Crippen molar-refractivity contribution in [3.05, 3.63) is 37.1 Å². The summed E-state index contributed by atoms with van der Waals surface area (Å²) in [4.78, 5) is 3.90. The quantitative estimate of drug-likeness (QED) is 0.653. The molecule has 2 heterocycles. The predicted octanol–water partition coefficient (Wildman–Crippen LogP) is 0.0214. The van der Waals surface area contributed by atoms with E-state index in [0.717, 1.165) is 11.1 Å². The number of pyridine rings is 1. The van der Waals surface area contributed by atoms with Crippen LogP contribution >= 0.6 is 0 Å². The summed E-state index contributed by atoms with van der Waals surface area (Å²) in [6.07, 6.45) is 6.17. The highest BCUT2D eigenvalue weighted by Gasteiger charge is 2.12. The second-order valence-electron chi connectivity index (χ2n) is 2.89. The second kappa shape index (κ2) is 3.65. The Kier molecular flexibility index (Phi) is 2.34. The van der Waals surface area contributed by atoms with Crippen LogP contribution < -0.4 is 5.46 Å². The minimum Gasteiger partial charge on any atom is -0.472 e. The summed E-state index contributed by atoms with van der Waals surface area (Å²) < 4.78 is 4.92. The van der Waals surface area contributed by atoms with E-state index in [9.17, 15) is 0 Å². The van der Waals surface area contributed by atoms with E-state index in [1.165, 1.54) is 6.20 Å². The van der Waals surface area contributed by atoms with Gasteiger partial charge in [0.05, 0.1) is 12.5 Å². The van der Waals surface area contributed by atoms with Crippen molar-refractivity contribution < 1.29 is 14.5 Å². The van der Waals surface area contributed by atoms with Crippen LogP contribution in [0.2, 0.25) is 0 Å². The molecule has 2 N–H and O–H groups in total. The smallest absolute Gasteiger partial charge is 0.472 e. The van der Waals surface area contributed by atoms with Gasteiger partial charge in [-0.2, -0.15) is 0 Å². The standard InChI is InChI=1S/C9H8BNO3/c12-10(13)9-3-8(4-11-5-9)7-1-2-14-6-7/h1-6,12-13H. The Labute approximate surface area is 81.0 Å². The van der Waals surface area contributed by atoms with Gasteiger partial charge in [0.15, 0.2) is 0 Å². The Morgan fingerprint density at radius 2 is 2.07 bits per heavy atom. The average molecular weight is 189 g/mol. The lowest BCUT2D eigenvalue weighted by molar-refractivity contribution is 0.425. The van der Waals surface area contributed by atoms with Gasteiger partial charge in [-0.1, -0.05) is 6.07 Å². The zero-order valence-corrected chi connectivity index (χ0v) is 7.29. The van der Waals surface area contributed by atoms with Gasteiger partial charge in [0.25, 0.3) is 0 Å². The number of rotatable bonds is 2. The number of aromatic nitrogens is 1. The first-order valence-corrected chi connectivity index (χ1v) is 4.11. The van der Waals surface area contributed by atoms with Gasteiger partial charge < -0.3 is 14.5 Å². The molecule has 0 fully saturated rings. The molecule has 70 valence electrons. The molecule has 0 saturated heterocycles. The summed E-state index contributed by atoms with van der Waals surface area (Å²) in [5.74, 6) is 0. The zero-order chi connectivity index (χ0) is 9.97. The van der Waals surface area contributed by atoms with E-state index in [4.69, 9.17) is 14.5 Å². The molecule has 0 saturated carbocycles. The van der Waals surface area contributed by atoms with E-state index in [-0.39, 0.29) is 0 Å². The average Bonchev–Trinajstić information content (AvgIpc) is 2.71. The third-order valence-corrected chi connectivity index (χ3v) is 1.91.